The first-order chi connectivity index (χ1) is 9.66. The van der Waals surface area contributed by atoms with Gasteiger partial charge >= 0.3 is 0 Å². The number of amides is 1. The zero-order valence-electron chi connectivity index (χ0n) is 11.0. The summed E-state index contributed by atoms with van der Waals surface area (Å²) in [5, 5.41) is 9.00. The van der Waals surface area contributed by atoms with Gasteiger partial charge in [0.2, 0.25) is 5.91 Å². The number of nitrogens with one attached hydrogen (secondary N) is 3. The molecule has 0 fully saturated rings. The Morgan fingerprint density at radius 2 is 2.30 bits per heavy atom. The standard InChI is InChI=1S/C13H15N5O2/c1-9-11(13(20)18-16-9)5-6-12(19)17-15-8-10-4-2-3-7-14-10/h2-4,7-8H,5-6H2,1H3,(H,17,19)(H2,16,18,20). The first kappa shape index (κ1) is 13.7. The van der Waals surface area contributed by atoms with E-state index in [1.165, 1.54) is 6.21 Å². The molecule has 0 aliphatic rings. The Hall–Kier alpha value is -2.70. The summed E-state index contributed by atoms with van der Waals surface area (Å²) in [6.07, 6.45) is 3.67. The second-order valence-corrected chi connectivity index (χ2v) is 4.23. The number of pyridine rings is 1. The molecule has 7 heteroatoms. The minimum atomic E-state index is -0.253. The maximum atomic E-state index is 11.6. The van der Waals surface area contributed by atoms with Crippen LogP contribution in [0.4, 0.5) is 0 Å². The number of rotatable bonds is 5. The highest BCUT2D eigenvalue weighted by Gasteiger charge is 2.08. The van der Waals surface area contributed by atoms with Crippen LogP contribution < -0.4 is 11.0 Å². The zero-order valence-corrected chi connectivity index (χ0v) is 11.0. The number of nitrogens with zero attached hydrogens (tertiary/aromatic N) is 2. The van der Waals surface area contributed by atoms with Gasteiger partial charge in [-0.1, -0.05) is 6.07 Å². The summed E-state index contributed by atoms with van der Waals surface area (Å²) in [5.41, 5.74) is 4.21. The number of H-pyrrole nitrogens is 2. The molecule has 0 saturated carbocycles. The van der Waals surface area contributed by atoms with Gasteiger partial charge in [-0.25, -0.2) is 5.43 Å². The number of hydrogen-bond acceptors (Lipinski definition) is 4. The van der Waals surface area contributed by atoms with Crippen LogP contribution in [0.25, 0.3) is 0 Å². The average Bonchev–Trinajstić information content (AvgIpc) is 2.77. The second-order valence-electron chi connectivity index (χ2n) is 4.23. The van der Waals surface area contributed by atoms with E-state index in [-0.39, 0.29) is 17.9 Å². The number of carbonyl (C=O) groups excluding carboxylic acids is 1. The average molecular weight is 273 g/mol. The van der Waals surface area contributed by atoms with E-state index in [1.54, 1.807) is 25.3 Å². The number of aromatic amines is 2. The van der Waals surface area contributed by atoms with Gasteiger partial charge in [0.05, 0.1) is 11.9 Å². The quantitative estimate of drug-likeness (QED) is 0.545. The van der Waals surface area contributed by atoms with E-state index < -0.39 is 0 Å². The normalized spacial score (nSPS) is 10.8. The summed E-state index contributed by atoms with van der Waals surface area (Å²) in [5.74, 6) is -0.253. The van der Waals surface area contributed by atoms with Crippen molar-refractivity contribution in [3.63, 3.8) is 0 Å². The molecule has 2 aromatic heterocycles. The predicted octanol–water partition coefficient (Wildman–Crippen LogP) is 0.489. The summed E-state index contributed by atoms with van der Waals surface area (Å²) in [4.78, 5) is 27.0. The number of aromatic nitrogens is 3. The molecule has 104 valence electrons. The molecule has 0 bridgehead atoms. The Kier molecular flexibility index (Phi) is 4.43. The van der Waals surface area contributed by atoms with Crippen LogP contribution in [0.5, 0.6) is 0 Å². The van der Waals surface area contributed by atoms with Gasteiger partial charge in [-0.05, 0) is 25.5 Å². The molecule has 0 saturated heterocycles. The number of carbonyl (C=O) groups is 1. The third-order valence-electron chi connectivity index (χ3n) is 2.77. The van der Waals surface area contributed by atoms with Crippen molar-refractivity contribution in [1.82, 2.24) is 20.6 Å². The smallest absolute Gasteiger partial charge is 0.267 e. The first-order valence-electron chi connectivity index (χ1n) is 6.16. The largest absolute Gasteiger partial charge is 0.302 e. The molecule has 3 N–H and O–H groups in total. The molecule has 20 heavy (non-hydrogen) atoms. The van der Waals surface area contributed by atoms with Crippen LogP contribution in [-0.4, -0.2) is 27.3 Å². The molecule has 0 radical (unpaired) electrons. The Morgan fingerprint density at radius 3 is 2.95 bits per heavy atom. The van der Waals surface area contributed by atoms with E-state index in [4.69, 9.17) is 0 Å². The van der Waals surface area contributed by atoms with E-state index in [1.807, 2.05) is 6.07 Å². The molecular weight excluding hydrogens is 258 g/mol. The third-order valence-corrected chi connectivity index (χ3v) is 2.77. The second kappa shape index (κ2) is 6.46. The van der Waals surface area contributed by atoms with Crippen molar-refractivity contribution in [2.45, 2.75) is 19.8 Å². The maximum Gasteiger partial charge on any atom is 0.267 e. The van der Waals surface area contributed by atoms with E-state index in [2.05, 4.69) is 25.7 Å². The minimum Gasteiger partial charge on any atom is -0.302 e. The Morgan fingerprint density at radius 1 is 1.45 bits per heavy atom. The lowest BCUT2D eigenvalue weighted by molar-refractivity contribution is -0.121. The molecule has 1 amide bonds. The van der Waals surface area contributed by atoms with Crippen LogP contribution in [0, 0.1) is 6.92 Å². The van der Waals surface area contributed by atoms with Gasteiger partial charge in [0.1, 0.15) is 0 Å². The molecule has 0 aliphatic heterocycles. The monoisotopic (exact) mass is 273 g/mol. The zero-order chi connectivity index (χ0) is 14.4. The lowest BCUT2D eigenvalue weighted by Crippen LogP contribution is -2.19. The van der Waals surface area contributed by atoms with Crippen LogP contribution >= 0.6 is 0 Å². The predicted molar refractivity (Wildman–Crippen MR) is 74.4 cm³/mol. The highest BCUT2D eigenvalue weighted by molar-refractivity contribution is 5.80. The van der Waals surface area contributed by atoms with Crippen molar-refractivity contribution >= 4 is 12.1 Å². The molecule has 7 nitrogen and oxygen atoms in total. The van der Waals surface area contributed by atoms with Crippen molar-refractivity contribution in [2.75, 3.05) is 0 Å². The summed E-state index contributed by atoms with van der Waals surface area (Å²) in [7, 11) is 0. The van der Waals surface area contributed by atoms with Crippen LogP contribution in [-0.2, 0) is 11.2 Å². The van der Waals surface area contributed by atoms with E-state index in [0.717, 1.165) is 5.69 Å². The summed E-state index contributed by atoms with van der Waals surface area (Å²) in [6, 6.07) is 5.40. The molecule has 2 heterocycles. The van der Waals surface area contributed by atoms with Gasteiger partial charge in [-0.3, -0.25) is 19.7 Å². The van der Waals surface area contributed by atoms with E-state index in [9.17, 15) is 9.59 Å². The van der Waals surface area contributed by atoms with E-state index in [0.29, 0.717) is 17.7 Å². The maximum absolute atomic E-state index is 11.6. The fourth-order valence-corrected chi connectivity index (χ4v) is 1.69. The third kappa shape index (κ3) is 3.64. The lowest BCUT2D eigenvalue weighted by atomic mass is 10.1. The molecule has 2 aromatic rings. The van der Waals surface area contributed by atoms with Crippen molar-refractivity contribution in [3.8, 4) is 0 Å². The summed E-state index contributed by atoms with van der Waals surface area (Å²) < 4.78 is 0. The minimum absolute atomic E-state index is 0.188. The molecule has 2 rings (SSSR count). The van der Waals surface area contributed by atoms with Gasteiger partial charge in [0.15, 0.2) is 0 Å². The van der Waals surface area contributed by atoms with E-state index >= 15 is 0 Å². The number of aryl methyl sites for hydroxylation is 1. The van der Waals surface area contributed by atoms with Gasteiger partial charge in [0, 0.05) is 23.9 Å². The lowest BCUT2D eigenvalue weighted by Gasteiger charge is -1.98. The van der Waals surface area contributed by atoms with Gasteiger partial charge in [0.25, 0.3) is 5.56 Å². The Bertz CT molecular complexity index is 657. The molecule has 0 unspecified atom stereocenters. The number of hydrazone groups is 1. The Balaban J connectivity index is 1.82. The first-order valence-corrected chi connectivity index (χ1v) is 6.16. The molecule has 0 atom stereocenters. The van der Waals surface area contributed by atoms with Crippen LogP contribution in [0.1, 0.15) is 23.4 Å². The SMILES string of the molecule is Cc1[nH][nH]c(=O)c1CCC(=O)NN=Cc1ccccn1. The highest BCUT2D eigenvalue weighted by Crippen LogP contribution is 2.00. The van der Waals surface area contributed by atoms with Crippen molar-refractivity contribution in [2.24, 2.45) is 5.10 Å². The van der Waals surface area contributed by atoms with Crippen LogP contribution in [0.15, 0.2) is 34.3 Å². The van der Waals surface area contributed by atoms with Crippen molar-refractivity contribution < 1.29 is 4.79 Å². The molecule has 0 aliphatic carbocycles. The van der Waals surface area contributed by atoms with Gasteiger partial charge in [-0.2, -0.15) is 5.10 Å². The summed E-state index contributed by atoms with van der Waals surface area (Å²) >= 11 is 0. The Labute approximate surface area is 115 Å². The topological polar surface area (TPSA) is 103 Å². The van der Waals surface area contributed by atoms with Crippen LogP contribution in [0.3, 0.4) is 0 Å². The summed E-state index contributed by atoms with van der Waals surface area (Å²) in [6.45, 7) is 1.78. The van der Waals surface area contributed by atoms with Crippen molar-refractivity contribution in [1.29, 1.82) is 0 Å². The fraction of sp³-hybridized carbons (Fsp3) is 0.231. The highest BCUT2D eigenvalue weighted by atomic mass is 16.2. The number of hydrogen-bond donors (Lipinski definition) is 3. The van der Waals surface area contributed by atoms with Crippen molar-refractivity contribution in [3.05, 3.63) is 51.7 Å². The van der Waals surface area contributed by atoms with Gasteiger partial charge < -0.3 is 5.10 Å². The van der Waals surface area contributed by atoms with Gasteiger partial charge in [-0.15, -0.1) is 0 Å². The fourth-order valence-electron chi connectivity index (χ4n) is 1.69. The molecule has 0 spiro atoms. The molecule has 0 aromatic carbocycles. The molecular formula is C13H15N5O2. The van der Waals surface area contributed by atoms with Crippen LogP contribution in [0.2, 0.25) is 0 Å².